The van der Waals surface area contributed by atoms with Crippen molar-refractivity contribution in [1.82, 2.24) is 20.4 Å². The summed E-state index contributed by atoms with van der Waals surface area (Å²) in [5.74, 6) is 1.38. The summed E-state index contributed by atoms with van der Waals surface area (Å²) in [7, 11) is 1.80. The number of nitrogens with one attached hydrogen (secondary N) is 2. The van der Waals surface area contributed by atoms with Gasteiger partial charge in [-0.05, 0) is 31.7 Å². The second-order valence-corrected chi connectivity index (χ2v) is 5.57. The number of aromatic nitrogens is 2. The van der Waals surface area contributed by atoms with Crippen LogP contribution in [0, 0.1) is 5.92 Å². The van der Waals surface area contributed by atoms with Crippen LogP contribution in [0.1, 0.15) is 33.6 Å². The quantitative estimate of drug-likeness (QED) is 0.256. The molecule has 0 aliphatic rings. The zero-order chi connectivity index (χ0) is 16.2. The van der Waals surface area contributed by atoms with Crippen molar-refractivity contribution in [2.45, 2.75) is 46.3 Å². The first-order chi connectivity index (χ1) is 10.7. The highest BCUT2D eigenvalue weighted by atomic mass is 127. The molecule has 0 bridgehead atoms. The highest BCUT2D eigenvalue weighted by Gasteiger charge is 2.12. The van der Waals surface area contributed by atoms with Crippen molar-refractivity contribution in [3.05, 3.63) is 18.5 Å². The first-order valence-corrected chi connectivity index (χ1v) is 8.20. The molecule has 134 valence electrons. The zero-order valence-corrected chi connectivity index (χ0v) is 17.1. The number of guanidine groups is 1. The van der Waals surface area contributed by atoms with Crippen LogP contribution in [0.5, 0.6) is 0 Å². The largest absolute Gasteiger partial charge is 0.378 e. The van der Waals surface area contributed by atoms with Gasteiger partial charge in [0.1, 0.15) is 0 Å². The van der Waals surface area contributed by atoms with E-state index in [0.29, 0.717) is 12.0 Å². The van der Waals surface area contributed by atoms with Gasteiger partial charge in [0, 0.05) is 45.7 Å². The molecule has 23 heavy (non-hydrogen) atoms. The molecule has 0 aliphatic heterocycles. The minimum Gasteiger partial charge on any atom is -0.378 e. The lowest BCUT2D eigenvalue weighted by molar-refractivity contribution is 0.0258. The third kappa shape index (κ3) is 9.80. The molecule has 1 heterocycles. The Balaban J connectivity index is 0.00000484. The fourth-order valence-electron chi connectivity index (χ4n) is 2.26. The molecule has 1 unspecified atom stereocenters. The summed E-state index contributed by atoms with van der Waals surface area (Å²) < 4.78 is 7.69. The Morgan fingerprint density at radius 2 is 2.04 bits per heavy atom. The van der Waals surface area contributed by atoms with Crippen LogP contribution < -0.4 is 10.6 Å². The predicted octanol–water partition coefficient (Wildman–Crippen LogP) is 2.51. The van der Waals surface area contributed by atoms with E-state index < -0.39 is 0 Å². The molecule has 0 spiro atoms. The Bertz CT molecular complexity index is 409. The normalized spacial score (nSPS) is 12.8. The van der Waals surface area contributed by atoms with Crippen molar-refractivity contribution in [3.8, 4) is 0 Å². The van der Waals surface area contributed by atoms with E-state index in [1.165, 1.54) is 0 Å². The van der Waals surface area contributed by atoms with Crippen LogP contribution in [0.4, 0.5) is 0 Å². The maximum Gasteiger partial charge on any atom is 0.190 e. The maximum atomic E-state index is 5.75. The monoisotopic (exact) mass is 437 g/mol. The van der Waals surface area contributed by atoms with Gasteiger partial charge in [-0.2, -0.15) is 5.10 Å². The van der Waals surface area contributed by atoms with Crippen molar-refractivity contribution in [1.29, 1.82) is 0 Å². The van der Waals surface area contributed by atoms with Gasteiger partial charge in [-0.25, -0.2) is 0 Å². The Hall–Kier alpha value is -0.830. The van der Waals surface area contributed by atoms with Crippen LogP contribution in [-0.2, 0) is 11.3 Å². The topological polar surface area (TPSA) is 63.5 Å². The van der Waals surface area contributed by atoms with Crippen LogP contribution in [-0.4, -0.2) is 48.6 Å². The molecule has 0 fully saturated rings. The van der Waals surface area contributed by atoms with Crippen molar-refractivity contribution in [3.63, 3.8) is 0 Å². The number of nitrogens with zero attached hydrogens (tertiary/aromatic N) is 3. The number of hydrogen-bond acceptors (Lipinski definition) is 3. The average Bonchev–Trinajstić information content (AvgIpc) is 3.01. The fraction of sp³-hybridized carbons (Fsp3) is 0.750. The molecule has 6 nitrogen and oxygen atoms in total. The summed E-state index contributed by atoms with van der Waals surface area (Å²) in [5, 5.41) is 10.9. The molecule has 0 aromatic carbocycles. The molecule has 0 saturated carbocycles. The molecule has 1 rings (SSSR count). The summed E-state index contributed by atoms with van der Waals surface area (Å²) in [6.45, 7) is 9.86. The van der Waals surface area contributed by atoms with Crippen LogP contribution in [0.3, 0.4) is 0 Å². The van der Waals surface area contributed by atoms with E-state index in [1.807, 2.05) is 23.9 Å². The van der Waals surface area contributed by atoms with Gasteiger partial charge in [0.15, 0.2) is 5.96 Å². The minimum absolute atomic E-state index is 0. The average molecular weight is 437 g/mol. The molecule has 0 saturated heterocycles. The third-order valence-electron chi connectivity index (χ3n) is 3.48. The second kappa shape index (κ2) is 13.6. The highest BCUT2D eigenvalue weighted by molar-refractivity contribution is 14.0. The molecule has 1 aromatic heterocycles. The van der Waals surface area contributed by atoms with Gasteiger partial charge in [-0.1, -0.05) is 13.8 Å². The highest BCUT2D eigenvalue weighted by Crippen LogP contribution is 2.09. The van der Waals surface area contributed by atoms with Crippen molar-refractivity contribution < 1.29 is 4.74 Å². The molecule has 1 atom stereocenters. The maximum absolute atomic E-state index is 5.75. The first-order valence-electron chi connectivity index (χ1n) is 8.20. The number of hydrogen-bond donors (Lipinski definition) is 2. The van der Waals surface area contributed by atoms with E-state index >= 15 is 0 Å². The minimum atomic E-state index is 0. The summed E-state index contributed by atoms with van der Waals surface area (Å²) in [4.78, 5) is 4.24. The lowest BCUT2D eigenvalue weighted by Gasteiger charge is -2.21. The van der Waals surface area contributed by atoms with Crippen LogP contribution >= 0.6 is 24.0 Å². The van der Waals surface area contributed by atoms with Gasteiger partial charge in [-0.15, -0.1) is 24.0 Å². The molecule has 0 radical (unpaired) electrons. The number of halogens is 1. The van der Waals surface area contributed by atoms with Gasteiger partial charge >= 0.3 is 0 Å². The molecule has 2 N–H and O–H groups in total. The number of ether oxygens (including phenoxy) is 1. The van der Waals surface area contributed by atoms with Gasteiger partial charge in [0.05, 0.1) is 6.10 Å². The van der Waals surface area contributed by atoms with Gasteiger partial charge in [0.25, 0.3) is 0 Å². The van der Waals surface area contributed by atoms with E-state index in [4.69, 9.17) is 4.74 Å². The number of aliphatic imine (C=N–C) groups is 1. The third-order valence-corrected chi connectivity index (χ3v) is 3.48. The molecule has 7 heteroatoms. The van der Waals surface area contributed by atoms with Crippen molar-refractivity contribution in [2.75, 3.05) is 26.7 Å². The number of aryl methyl sites for hydroxylation is 1. The Morgan fingerprint density at radius 1 is 1.30 bits per heavy atom. The molecular weight excluding hydrogens is 405 g/mol. The Morgan fingerprint density at radius 3 is 2.61 bits per heavy atom. The van der Waals surface area contributed by atoms with Crippen molar-refractivity contribution in [2.24, 2.45) is 10.9 Å². The van der Waals surface area contributed by atoms with Gasteiger partial charge < -0.3 is 15.4 Å². The van der Waals surface area contributed by atoms with E-state index in [1.54, 1.807) is 13.2 Å². The van der Waals surface area contributed by atoms with Gasteiger partial charge in [0.2, 0.25) is 0 Å². The summed E-state index contributed by atoms with van der Waals surface area (Å²) >= 11 is 0. The standard InChI is InChI=1S/C16H31N5O.HI/c1-5-22-15(14(2)3)8-11-19-16(17-4)18-9-6-12-21-13-7-10-20-21;/h7,10,13-15H,5-6,8-9,11-12H2,1-4H3,(H2,17,18,19);1H. The number of rotatable bonds is 10. The van der Waals surface area contributed by atoms with Crippen LogP contribution in [0.2, 0.25) is 0 Å². The van der Waals surface area contributed by atoms with Crippen molar-refractivity contribution >= 4 is 29.9 Å². The lowest BCUT2D eigenvalue weighted by Crippen LogP contribution is -2.39. The van der Waals surface area contributed by atoms with E-state index in [-0.39, 0.29) is 24.0 Å². The smallest absolute Gasteiger partial charge is 0.190 e. The summed E-state index contributed by atoms with van der Waals surface area (Å²) in [6, 6.07) is 1.94. The first kappa shape index (κ1) is 22.2. The Labute approximate surface area is 157 Å². The molecule has 1 aromatic rings. The van der Waals surface area contributed by atoms with E-state index in [2.05, 4.69) is 34.6 Å². The molecule has 0 amide bonds. The molecular formula is C16H32IN5O. The molecule has 0 aliphatic carbocycles. The Kier molecular flexibility index (Phi) is 13.1. The van der Waals surface area contributed by atoms with Crippen LogP contribution in [0.25, 0.3) is 0 Å². The SMILES string of the molecule is CCOC(CCNC(=NC)NCCCn1cccn1)C(C)C.I. The lowest BCUT2D eigenvalue weighted by atomic mass is 10.0. The van der Waals surface area contributed by atoms with Gasteiger partial charge in [-0.3, -0.25) is 9.67 Å². The zero-order valence-electron chi connectivity index (χ0n) is 14.8. The summed E-state index contributed by atoms with van der Waals surface area (Å²) in [5.41, 5.74) is 0. The summed E-state index contributed by atoms with van der Waals surface area (Å²) in [6.07, 6.45) is 6.08. The van der Waals surface area contributed by atoms with Crippen LogP contribution in [0.15, 0.2) is 23.5 Å². The predicted molar refractivity (Wildman–Crippen MR) is 106 cm³/mol. The van der Waals surface area contributed by atoms with E-state index in [0.717, 1.165) is 45.0 Å². The second-order valence-electron chi connectivity index (χ2n) is 5.57. The van der Waals surface area contributed by atoms with E-state index in [9.17, 15) is 0 Å². The fourth-order valence-corrected chi connectivity index (χ4v) is 2.26.